The van der Waals surface area contributed by atoms with Crippen molar-refractivity contribution < 1.29 is 0 Å². The first-order chi connectivity index (χ1) is 4.12. The molecule has 0 aliphatic heterocycles. The van der Waals surface area contributed by atoms with Gasteiger partial charge in [0.15, 0.2) is 0 Å². The minimum Gasteiger partial charge on any atom is -0.0911 e. The predicted octanol–water partition coefficient (Wildman–Crippen LogP) is 3.39. The molecule has 0 rings (SSSR count). The van der Waals surface area contributed by atoms with Crippen molar-refractivity contribution in [1.29, 1.82) is 0 Å². The standard InChI is InChI=1S/C9H18/c1-5-7-9(3,4)8-6-2/h5,7H,6,8H2,1-4H3. The average molecular weight is 126 g/mol. The Kier molecular flexibility index (Phi) is 3.60. The minimum absolute atomic E-state index is 0.420. The molecule has 0 aromatic heterocycles. The molecule has 0 heterocycles. The van der Waals surface area contributed by atoms with Gasteiger partial charge < -0.3 is 0 Å². The summed E-state index contributed by atoms with van der Waals surface area (Å²) in [6.45, 7) is 8.86. The maximum Gasteiger partial charge on any atom is -0.0175 e. The van der Waals surface area contributed by atoms with E-state index >= 15 is 0 Å². The molecule has 0 saturated carbocycles. The zero-order chi connectivity index (χ0) is 7.33. The van der Waals surface area contributed by atoms with Gasteiger partial charge in [-0.1, -0.05) is 39.3 Å². The van der Waals surface area contributed by atoms with Crippen LogP contribution in [0, 0.1) is 5.41 Å². The van der Waals surface area contributed by atoms with Crippen LogP contribution in [0.4, 0.5) is 0 Å². The van der Waals surface area contributed by atoms with E-state index < -0.39 is 0 Å². The Morgan fingerprint density at radius 3 is 2.22 bits per heavy atom. The van der Waals surface area contributed by atoms with Crippen LogP contribution in [0.1, 0.15) is 40.5 Å². The highest BCUT2D eigenvalue weighted by atomic mass is 14.1. The Balaban J connectivity index is 3.70. The van der Waals surface area contributed by atoms with Crippen LogP contribution in [-0.2, 0) is 0 Å². The highest BCUT2D eigenvalue weighted by Crippen LogP contribution is 2.23. The minimum atomic E-state index is 0.420. The van der Waals surface area contributed by atoms with Gasteiger partial charge in [0, 0.05) is 0 Å². The number of allylic oxidation sites excluding steroid dienone is 2. The summed E-state index contributed by atoms with van der Waals surface area (Å²) in [5, 5.41) is 0. The fourth-order valence-corrected chi connectivity index (χ4v) is 1.18. The van der Waals surface area contributed by atoms with Gasteiger partial charge in [-0.25, -0.2) is 0 Å². The third kappa shape index (κ3) is 4.26. The van der Waals surface area contributed by atoms with Crippen molar-refractivity contribution in [3.05, 3.63) is 12.2 Å². The Bertz CT molecular complexity index is 88.2. The lowest BCUT2D eigenvalue weighted by molar-refractivity contribution is 0.431. The molecule has 0 atom stereocenters. The molecule has 0 heteroatoms. The van der Waals surface area contributed by atoms with E-state index in [-0.39, 0.29) is 0 Å². The fourth-order valence-electron chi connectivity index (χ4n) is 1.18. The van der Waals surface area contributed by atoms with Gasteiger partial charge in [-0.3, -0.25) is 0 Å². The van der Waals surface area contributed by atoms with Crippen molar-refractivity contribution in [2.24, 2.45) is 5.41 Å². The molecule has 0 aromatic carbocycles. The Labute approximate surface area is 59.0 Å². The fraction of sp³-hybridized carbons (Fsp3) is 0.778. The maximum atomic E-state index is 2.27. The molecule has 0 saturated heterocycles. The smallest absolute Gasteiger partial charge is 0.0175 e. The topological polar surface area (TPSA) is 0 Å². The molecule has 0 bridgehead atoms. The van der Waals surface area contributed by atoms with Crippen LogP contribution in [-0.4, -0.2) is 0 Å². The van der Waals surface area contributed by atoms with E-state index in [4.69, 9.17) is 0 Å². The van der Waals surface area contributed by atoms with Crippen LogP contribution in [0.2, 0.25) is 0 Å². The maximum absolute atomic E-state index is 2.27. The van der Waals surface area contributed by atoms with Gasteiger partial charge in [-0.05, 0) is 18.8 Å². The molecule has 0 aliphatic carbocycles. The van der Waals surface area contributed by atoms with Crippen LogP contribution in [0.5, 0.6) is 0 Å². The molecule has 0 radical (unpaired) electrons. The summed E-state index contributed by atoms with van der Waals surface area (Å²) in [6, 6.07) is 0. The van der Waals surface area contributed by atoms with E-state index in [2.05, 4.69) is 39.8 Å². The lowest BCUT2D eigenvalue weighted by Gasteiger charge is -2.18. The zero-order valence-electron chi connectivity index (χ0n) is 7.07. The molecule has 0 spiro atoms. The Morgan fingerprint density at radius 2 is 1.89 bits per heavy atom. The van der Waals surface area contributed by atoms with Gasteiger partial charge in [-0.2, -0.15) is 0 Å². The summed E-state index contributed by atoms with van der Waals surface area (Å²) in [4.78, 5) is 0. The monoisotopic (exact) mass is 126 g/mol. The van der Waals surface area contributed by atoms with Gasteiger partial charge in [-0.15, -0.1) is 0 Å². The molecule has 0 nitrogen and oxygen atoms in total. The second-order valence-corrected chi connectivity index (χ2v) is 3.24. The SMILES string of the molecule is CC=CC(C)(C)CCC. The van der Waals surface area contributed by atoms with E-state index in [1.807, 2.05) is 0 Å². The summed E-state index contributed by atoms with van der Waals surface area (Å²) in [5.41, 5.74) is 0.420. The highest BCUT2D eigenvalue weighted by molar-refractivity contribution is 4.92. The second-order valence-electron chi connectivity index (χ2n) is 3.24. The van der Waals surface area contributed by atoms with E-state index in [1.165, 1.54) is 12.8 Å². The van der Waals surface area contributed by atoms with Gasteiger partial charge in [0.05, 0.1) is 0 Å². The quantitative estimate of drug-likeness (QED) is 0.508. The highest BCUT2D eigenvalue weighted by Gasteiger charge is 2.10. The van der Waals surface area contributed by atoms with E-state index in [1.54, 1.807) is 0 Å². The molecule has 0 amide bonds. The number of rotatable bonds is 3. The van der Waals surface area contributed by atoms with Crippen molar-refractivity contribution >= 4 is 0 Å². The molecular formula is C9H18. The van der Waals surface area contributed by atoms with Gasteiger partial charge >= 0.3 is 0 Å². The molecule has 54 valence electrons. The summed E-state index contributed by atoms with van der Waals surface area (Å²) in [6.07, 6.45) is 6.97. The van der Waals surface area contributed by atoms with Gasteiger partial charge in [0.25, 0.3) is 0 Å². The van der Waals surface area contributed by atoms with E-state index in [0.29, 0.717) is 5.41 Å². The first kappa shape index (κ1) is 8.74. The second kappa shape index (κ2) is 3.71. The van der Waals surface area contributed by atoms with E-state index in [9.17, 15) is 0 Å². The molecule has 0 unspecified atom stereocenters. The molecule has 0 N–H and O–H groups in total. The largest absolute Gasteiger partial charge is 0.0911 e. The summed E-state index contributed by atoms with van der Waals surface area (Å²) in [5.74, 6) is 0. The van der Waals surface area contributed by atoms with Gasteiger partial charge in [0.1, 0.15) is 0 Å². The van der Waals surface area contributed by atoms with E-state index in [0.717, 1.165) is 0 Å². The van der Waals surface area contributed by atoms with Crippen LogP contribution in [0.15, 0.2) is 12.2 Å². The van der Waals surface area contributed by atoms with Crippen molar-refractivity contribution in [2.75, 3.05) is 0 Å². The van der Waals surface area contributed by atoms with Crippen molar-refractivity contribution in [3.63, 3.8) is 0 Å². The van der Waals surface area contributed by atoms with Crippen LogP contribution in [0.25, 0.3) is 0 Å². The predicted molar refractivity (Wildman–Crippen MR) is 43.5 cm³/mol. The summed E-state index contributed by atoms with van der Waals surface area (Å²) >= 11 is 0. The van der Waals surface area contributed by atoms with Crippen molar-refractivity contribution in [1.82, 2.24) is 0 Å². The van der Waals surface area contributed by atoms with Crippen molar-refractivity contribution in [2.45, 2.75) is 40.5 Å². The average Bonchev–Trinajstić information content (AvgIpc) is 1.64. The normalized spacial score (nSPS) is 12.9. The third-order valence-corrected chi connectivity index (χ3v) is 1.51. The molecule has 0 fully saturated rings. The summed E-state index contributed by atoms with van der Waals surface area (Å²) < 4.78 is 0. The Morgan fingerprint density at radius 1 is 1.33 bits per heavy atom. The molecule has 0 aromatic rings. The lowest BCUT2D eigenvalue weighted by Crippen LogP contribution is -2.05. The number of hydrogen-bond donors (Lipinski definition) is 0. The van der Waals surface area contributed by atoms with Crippen LogP contribution in [0.3, 0.4) is 0 Å². The van der Waals surface area contributed by atoms with Gasteiger partial charge in [0.2, 0.25) is 0 Å². The molecular weight excluding hydrogens is 108 g/mol. The summed E-state index contributed by atoms with van der Waals surface area (Å²) in [7, 11) is 0. The molecule has 0 aliphatic rings. The van der Waals surface area contributed by atoms with Crippen molar-refractivity contribution in [3.8, 4) is 0 Å². The number of hydrogen-bond acceptors (Lipinski definition) is 0. The molecule has 9 heavy (non-hydrogen) atoms. The van der Waals surface area contributed by atoms with Crippen LogP contribution >= 0.6 is 0 Å². The first-order valence-electron chi connectivity index (χ1n) is 3.76. The van der Waals surface area contributed by atoms with Crippen LogP contribution < -0.4 is 0 Å². The third-order valence-electron chi connectivity index (χ3n) is 1.51. The first-order valence-corrected chi connectivity index (χ1v) is 3.76. The Hall–Kier alpha value is -0.260. The zero-order valence-corrected chi connectivity index (χ0v) is 7.07. The lowest BCUT2D eigenvalue weighted by atomic mass is 9.88.